The molecule has 0 saturated heterocycles. The van der Waals surface area contributed by atoms with E-state index >= 15 is 0 Å². The Morgan fingerprint density at radius 3 is 2.50 bits per heavy atom. The van der Waals surface area contributed by atoms with E-state index in [1.165, 1.54) is 0 Å². The van der Waals surface area contributed by atoms with Gasteiger partial charge < -0.3 is 0 Å². The van der Waals surface area contributed by atoms with Crippen molar-refractivity contribution in [3.8, 4) is 0 Å². The molecule has 0 bridgehead atoms. The van der Waals surface area contributed by atoms with Crippen LogP contribution in [-0.4, -0.2) is 33.1 Å². The third-order valence-electron chi connectivity index (χ3n) is 0.326. The van der Waals surface area contributed by atoms with Crippen LogP contribution in [0.5, 0.6) is 0 Å². The van der Waals surface area contributed by atoms with E-state index in [0.29, 0.717) is 0 Å². The molecule has 0 aliphatic carbocycles. The molecule has 0 aromatic rings. The van der Waals surface area contributed by atoms with Crippen LogP contribution in [0.4, 0.5) is 0 Å². The van der Waals surface area contributed by atoms with Crippen LogP contribution in [0.1, 0.15) is 0 Å². The zero-order valence-electron chi connectivity index (χ0n) is 3.55. The number of carbonyl (C=O) groups excluding carboxylic acids is 1. The van der Waals surface area contributed by atoms with Crippen molar-refractivity contribution < 1.29 is 34.9 Å². The summed E-state index contributed by atoms with van der Waals surface area (Å²) in [6.45, 7) is -0.137. The van der Waals surface area contributed by atoms with Crippen molar-refractivity contribution in [3.05, 3.63) is 0 Å². The van der Waals surface area contributed by atoms with Gasteiger partial charge in [0.25, 0.3) is 0 Å². The molecule has 46 valence electrons. The second-order valence-corrected chi connectivity index (χ2v) is 1.72. The van der Waals surface area contributed by atoms with Crippen molar-refractivity contribution in [1.82, 2.24) is 0 Å². The Morgan fingerprint density at radius 1 is 1.88 bits per heavy atom. The molecule has 6 heteroatoms. The first-order chi connectivity index (χ1) is 3.31. The maximum atomic E-state index is 9.95. The molecule has 0 fully saturated rings. The van der Waals surface area contributed by atoms with Gasteiger partial charge in [-0.3, -0.25) is 0 Å². The van der Waals surface area contributed by atoms with Crippen LogP contribution in [0.15, 0.2) is 0 Å². The predicted molar refractivity (Wildman–Crippen MR) is 27.3 cm³/mol. The molecule has 0 spiro atoms. The van der Waals surface area contributed by atoms with Gasteiger partial charge in [0.15, 0.2) is 17.4 Å². The van der Waals surface area contributed by atoms with Crippen molar-refractivity contribution in [3.63, 3.8) is 0 Å². The fourth-order valence-corrected chi connectivity index (χ4v) is 0.548. The molecule has 0 aromatic heterocycles. The summed E-state index contributed by atoms with van der Waals surface area (Å²) >= 11 is -1.80. The quantitative estimate of drug-likeness (QED) is 0.485. The van der Waals surface area contributed by atoms with Crippen molar-refractivity contribution in [1.29, 1.82) is 0 Å². The van der Waals surface area contributed by atoms with Gasteiger partial charge in [-0.15, -0.1) is 0 Å². The normalized spacial score (nSPS) is 6.75. The van der Waals surface area contributed by atoms with E-state index in [2.05, 4.69) is 2.81 Å². The minimum atomic E-state index is -1.80. The van der Waals surface area contributed by atoms with Gasteiger partial charge in [-0.1, -0.05) is 0 Å². The summed E-state index contributed by atoms with van der Waals surface area (Å²) in [5.41, 5.74) is 4.80. The topological polar surface area (TPSA) is 72.6 Å². The third kappa shape index (κ3) is 6.81. The summed E-state index contributed by atoms with van der Waals surface area (Å²) in [6.07, 6.45) is 0. The molecule has 0 amide bonds. The monoisotopic (exact) mass is 211 g/mol. The molecule has 0 atom stereocenters. The van der Waals surface area contributed by atoms with E-state index in [1.807, 2.05) is 0 Å². The van der Waals surface area contributed by atoms with Crippen LogP contribution in [0.3, 0.4) is 0 Å². The van der Waals surface area contributed by atoms with Gasteiger partial charge >= 0.3 is 53.2 Å². The van der Waals surface area contributed by atoms with E-state index in [4.69, 9.17) is 8.92 Å². The van der Waals surface area contributed by atoms with Crippen LogP contribution in [0, 0.1) is 0 Å². The van der Waals surface area contributed by atoms with E-state index in [9.17, 15) is 4.79 Å². The van der Waals surface area contributed by atoms with Gasteiger partial charge in [0, 0.05) is 0 Å². The molecule has 0 radical (unpaired) electrons. The smallest absolute Gasteiger partial charge is 0.187 e. The van der Waals surface area contributed by atoms with E-state index < -0.39 is 30.1 Å². The second kappa shape index (κ2) is 7.81. The van der Waals surface area contributed by atoms with Gasteiger partial charge in [-0.25, -0.2) is 0 Å². The number of rotatable bonds is 2. The Bertz CT molecular complexity index is 70.3. The predicted octanol–water partition coefficient (Wildman–Crippen LogP) is -2.79. The fourth-order valence-electron chi connectivity index (χ4n) is 0.0926. The van der Waals surface area contributed by atoms with Crippen molar-refractivity contribution in [2.45, 2.75) is 0 Å². The Balaban J connectivity index is 0. The van der Waals surface area contributed by atoms with Crippen molar-refractivity contribution in [2.75, 3.05) is 6.54 Å². The first-order valence-electron chi connectivity index (χ1n) is 1.60. The molecule has 0 aliphatic rings. The van der Waals surface area contributed by atoms with Gasteiger partial charge in [-0.2, -0.15) is 0 Å². The molecular formula is C2H8AlNO3Zr. The maximum Gasteiger partial charge on any atom is 0.187 e. The Morgan fingerprint density at radius 2 is 2.38 bits per heavy atom. The molecule has 0 unspecified atom stereocenters. The van der Waals surface area contributed by atoms with Gasteiger partial charge in [0.1, 0.15) is 0 Å². The first-order valence-corrected chi connectivity index (χ1v) is 3.70. The number of hydrogen-bond acceptors (Lipinski definition) is 4. The van der Waals surface area contributed by atoms with Crippen molar-refractivity contribution in [2.24, 2.45) is 5.73 Å². The van der Waals surface area contributed by atoms with Crippen molar-refractivity contribution >= 4 is 23.3 Å². The number of hydrogen-bond donors (Lipinski definition) is 2. The van der Waals surface area contributed by atoms with Gasteiger partial charge in [-0.05, 0) is 0 Å². The first kappa shape index (κ1) is 11.6. The molecule has 3 N–H and O–H groups in total. The molecule has 0 aromatic carbocycles. The summed E-state index contributed by atoms with van der Waals surface area (Å²) in [6, 6.07) is 0. The number of nitrogens with two attached hydrogens (primary N) is 1. The molecule has 0 saturated carbocycles. The summed E-state index contributed by atoms with van der Waals surface area (Å²) < 4.78 is 12.2. The molecule has 0 aliphatic heterocycles. The average molecular weight is 212 g/mol. The molecule has 4 nitrogen and oxygen atoms in total. The Kier molecular flexibility index (Phi) is 11.3. The van der Waals surface area contributed by atoms with E-state index in [1.54, 1.807) is 0 Å². The zero-order valence-corrected chi connectivity index (χ0v) is 6.01. The number of carbonyl (C=O) groups is 1. The van der Waals surface area contributed by atoms with Crippen LogP contribution >= 0.6 is 0 Å². The Hall–Kier alpha value is 0.806. The Labute approximate surface area is 70.3 Å². The fraction of sp³-hybridized carbons (Fsp3) is 0.500. The van der Waals surface area contributed by atoms with Gasteiger partial charge in [0.05, 0.1) is 0 Å². The molecular weight excluding hydrogens is 204 g/mol. The van der Waals surface area contributed by atoms with Crippen LogP contribution < -0.4 is 5.73 Å². The SMILES string of the molecule is NCC(=O)[O][Zr][OH].[AlH3]. The summed E-state index contributed by atoms with van der Waals surface area (Å²) in [5, 5.41) is 0. The second-order valence-electron chi connectivity index (χ2n) is 0.769. The summed E-state index contributed by atoms with van der Waals surface area (Å²) in [7, 11) is 0. The molecule has 0 heterocycles. The summed E-state index contributed by atoms with van der Waals surface area (Å²) in [5.74, 6) is -0.519. The van der Waals surface area contributed by atoms with Crippen LogP contribution in [-0.2, 0) is 31.7 Å². The van der Waals surface area contributed by atoms with Crippen LogP contribution in [0.25, 0.3) is 0 Å². The zero-order chi connectivity index (χ0) is 5.70. The largest absolute Gasteiger partial charge is 0.187 e. The standard InChI is InChI=1S/C2H5NO2.Al.H2O.Zr.3H/c3-1-2(4)5;;;;;;/h1,3H2,(H,4,5);;1H2;;;;/q;;;+2;;;/p-2. The van der Waals surface area contributed by atoms with E-state index in [-0.39, 0.29) is 23.9 Å². The third-order valence-corrected chi connectivity index (χ3v) is 1.11. The van der Waals surface area contributed by atoms with Crippen LogP contribution in [0.2, 0.25) is 0 Å². The molecule has 8 heavy (non-hydrogen) atoms. The van der Waals surface area contributed by atoms with E-state index in [0.717, 1.165) is 0 Å². The maximum absolute atomic E-state index is 9.95. The summed E-state index contributed by atoms with van der Waals surface area (Å²) in [4.78, 5) is 9.95. The average Bonchev–Trinajstić information content (AvgIpc) is 1.68. The minimum absolute atomic E-state index is 0. The molecule has 0 rings (SSSR count). The van der Waals surface area contributed by atoms with Gasteiger partial charge in [0.2, 0.25) is 0 Å². The minimum Gasteiger partial charge on any atom is 0.187 e.